The van der Waals surface area contributed by atoms with Gasteiger partial charge in [-0.05, 0) is 24.3 Å². The van der Waals surface area contributed by atoms with Gasteiger partial charge in [0.1, 0.15) is 0 Å². The average molecular weight is 360 g/mol. The quantitative estimate of drug-likeness (QED) is 0.904. The second-order valence-corrected chi connectivity index (χ2v) is 7.82. The van der Waals surface area contributed by atoms with Gasteiger partial charge in [-0.1, -0.05) is 24.3 Å². The number of nitrogens with zero attached hydrogens (tertiary/aromatic N) is 1. The minimum absolute atomic E-state index is 0.0244. The van der Waals surface area contributed by atoms with E-state index in [1.165, 1.54) is 12.1 Å². The van der Waals surface area contributed by atoms with Crippen LogP contribution in [0, 0.1) is 0 Å². The highest BCUT2D eigenvalue weighted by Gasteiger charge is 2.20. The zero-order valence-electron chi connectivity index (χ0n) is 13.9. The van der Waals surface area contributed by atoms with E-state index < -0.39 is 15.7 Å². The standard InChI is InChI=1S/C18H20N2O4S/c1-25(22,23)17-9-5-2-6-14(17)18(21)19-15-7-3-4-8-16(15)20-10-12-24-13-11-20/h2-9H,10-13H2,1H3,(H,19,21). The number of ether oxygens (including phenoxy) is 1. The first-order chi connectivity index (χ1) is 12.0. The second-order valence-electron chi connectivity index (χ2n) is 5.84. The van der Waals surface area contributed by atoms with Gasteiger partial charge in [0.2, 0.25) is 0 Å². The molecular weight excluding hydrogens is 340 g/mol. The van der Waals surface area contributed by atoms with Crippen LogP contribution in [0.15, 0.2) is 53.4 Å². The summed E-state index contributed by atoms with van der Waals surface area (Å²) in [5, 5.41) is 2.85. The third kappa shape index (κ3) is 4.00. The lowest BCUT2D eigenvalue weighted by molar-refractivity contribution is 0.102. The van der Waals surface area contributed by atoms with Crippen LogP contribution in [-0.4, -0.2) is 46.9 Å². The van der Waals surface area contributed by atoms with Crippen LogP contribution in [0.1, 0.15) is 10.4 Å². The van der Waals surface area contributed by atoms with Crippen molar-refractivity contribution in [2.24, 2.45) is 0 Å². The summed E-state index contributed by atoms with van der Waals surface area (Å²) < 4.78 is 29.2. The van der Waals surface area contributed by atoms with Gasteiger partial charge in [-0.15, -0.1) is 0 Å². The van der Waals surface area contributed by atoms with E-state index in [1.54, 1.807) is 12.1 Å². The van der Waals surface area contributed by atoms with Gasteiger partial charge < -0.3 is 15.0 Å². The molecule has 0 bridgehead atoms. The number of hydrogen-bond acceptors (Lipinski definition) is 5. The van der Waals surface area contributed by atoms with Gasteiger partial charge in [-0.2, -0.15) is 0 Å². The van der Waals surface area contributed by atoms with Crippen LogP contribution in [0.25, 0.3) is 0 Å². The van der Waals surface area contributed by atoms with Gasteiger partial charge in [0, 0.05) is 19.3 Å². The zero-order chi connectivity index (χ0) is 17.9. The minimum atomic E-state index is -3.49. The zero-order valence-corrected chi connectivity index (χ0v) is 14.8. The maximum absolute atomic E-state index is 12.7. The Morgan fingerprint density at radius 2 is 1.68 bits per heavy atom. The first-order valence-electron chi connectivity index (χ1n) is 7.99. The van der Waals surface area contributed by atoms with E-state index >= 15 is 0 Å². The number of morpholine rings is 1. The molecule has 7 heteroatoms. The fourth-order valence-corrected chi connectivity index (χ4v) is 3.71. The van der Waals surface area contributed by atoms with Crippen molar-refractivity contribution in [3.63, 3.8) is 0 Å². The molecule has 132 valence electrons. The lowest BCUT2D eigenvalue weighted by atomic mass is 10.2. The molecule has 1 fully saturated rings. The van der Waals surface area contributed by atoms with Crippen molar-refractivity contribution in [3.8, 4) is 0 Å². The van der Waals surface area contributed by atoms with Gasteiger partial charge >= 0.3 is 0 Å². The molecule has 0 aromatic heterocycles. The summed E-state index contributed by atoms with van der Waals surface area (Å²) in [7, 11) is -3.49. The largest absolute Gasteiger partial charge is 0.378 e. The second kappa shape index (κ2) is 7.25. The van der Waals surface area contributed by atoms with Crippen LogP contribution in [0.3, 0.4) is 0 Å². The number of benzene rings is 2. The molecule has 6 nitrogen and oxygen atoms in total. The lowest BCUT2D eigenvalue weighted by Crippen LogP contribution is -2.36. The molecule has 0 radical (unpaired) electrons. The minimum Gasteiger partial charge on any atom is -0.378 e. The summed E-state index contributed by atoms with van der Waals surface area (Å²) in [5.41, 5.74) is 1.69. The molecule has 1 aliphatic rings. The van der Waals surface area contributed by atoms with Gasteiger partial charge in [0.15, 0.2) is 9.84 Å². The van der Waals surface area contributed by atoms with E-state index in [2.05, 4.69) is 10.2 Å². The smallest absolute Gasteiger partial charge is 0.257 e. The predicted molar refractivity (Wildman–Crippen MR) is 97.0 cm³/mol. The maximum atomic E-state index is 12.7. The number of amides is 1. The SMILES string of the molecule is CS(=O)(=O)c1ccccc1C(=O)Nc1ccccc1N1CCOCC1. The van der Waals surface area contributed by atoms with Crippen molar-refractivity contribution in [3.05, 3.63) is 54.1 Å². The van der Waals surface area contributed by atoms with Crippen molar-refractivity contribution in [2.45, 2.75) is 4.90 Å². The van der Waals surface area contributed by atoms with Crippen LogP contribution in [0.5, 0.6) is 0 Å². The van der Waals surface area contributed by atoms with E-state index in [4.69, 9.17) is 4.74 Å². The Labute approximate surface area is 147 Å². The Morgan fingerprint density at radius 3 is 2.40 bits per heavy atom. The van der Waals surface area contributed by atoms with Crippen LogP contribution < -0.4 is 10.2 Å². The van der Waals surface area contributed by atoms with Crippen molar-refractivity contribution >= 4 is 27.1 Å². The Balaban J connectivity index is 1.90. The molecule has 1 amide bonds. The number of anilines is 2. The van der Waals surface area contributed by atoms with E-state index in [9.17, 15) is 13.2 Å². The van der Waals surface area contributed by atoms with Crippen molar-refractivity contribution < 1.29 is 17.9 Å². The summed E-state index contributed by atoms with van der Waals surface area (Å²) in [4.78, 5) is 14.9. The van der Waals surface area contributed by atoms with Gasteiger partial charge in [-0.25, -0.2) is 8.42 Å². The van der Waals surface area contributed by atoms with Crippen LogP contribution in [-0.2, 0) is 14.6 Å². The maximum Gasteiger partial charge on any atom is 0.257 e. The van der Waals surface area contributed by atoms with Crippen LogP contribution in [0.2, 0.25) is 0 Å². The summed E-state index contributed by atoms with van der Waals surface area (Å²) >= 11 is 0. The van der Waals surface area contributed by atoms with E-state index in [1.807, 2.05) is 24.3 Å². The molecule has 25 heavy (non-hydrogen) atoms. The van der Waals surface area contributed by atoms with Gasteiger partial charge in [0.05, 0.1) is 35.0 Å². The average Bonchev–Trinajstić information content (AvgIpc) is 2.62. The van der Waals surface area contributed by atoms with E-state index in [-0.39, 0.29) is 10.5 Å². The van der Waals surface area contributed by atoms with Gasteiger partial charge in [-0.3, -0.25) is 4.79 Å². The summed E-state index contributed by atoms with van der Waals surface area (Å²) in [5.74, 6) is -0.443. The van der Waals surface area contributed by atoms with E-state index in [0.29, 0.717) is 18.9 Å². The molecule has 0 atom stereocenters. The monoisotopic (exact) mass is 360 g/mol. The topological polar surface area (TPSA) is 75.7 Å². The number of rotatable bonds is 4. The lowest BCUT2D eigenvalue weighted by Gasteiger charge is -2.30. The third-order valence-corrected chi connectivity index (χ3v) is 5.19. The molecule has 1 heterocycles. The molecule has 3 rings (SSSR count). The number of para-hydroxylation sites is 2. The number of nitrogens with one attached hydrogen (secondary N) is 1. The highest BCUT2D eigenvalue weighted by Crippen LogP contribution is 2.27. The molecule has 0 spiro atoms. The van der Waals surface area contributed by atoms with Gasteiger partial charge in [0.25, 0.3) is 5.91 Å². The molecule has 1 aliphatic heterocycles. The van der Waals surface area contributed by atoms with Crippen LogP contribution in [0.4, 0.5) is 11.4 Å². The summed E-state index contributed by atoms with van der Waals surface area (Å²) in [6, 6.07) is 13.7. The Kier molecular flexibility index (Phi) is 5.06. The molecule has 1 saturated heterocycles. The summed E-state index contributed by atoms with van der Waals surface area (Å²) in [6.45, 7) is 2.76. The molecule has 0 unspecified atom stereocenters. The third-order valence-electron chi connectivity index (χ3n) is 4.04. The fourth-order valence-electron chi connectivity index (χ4n) is 2.83. The first kappa shape index (κ1) is 17.4. The molecule has 2 aromatic rings. The van der Waals surface area contributed by atoms with Crippen molar-refractivity contribution in [2.75, 3.05) is 42.8 Å². The fraction of sp³-hybridized carbons (Fsp3) is 0.278. The number of sulfone groups is 1. The summed E-state index contributed by atoms with van der Waals surface area (Å²) in [6.07, 6.45) is 1.10. The van der Waals surface area contributed by atoms with E-state index in [0.717, 1.165) is 25.0 Å². The molecule has 2 aromatic carbocycles. The molecule has 0 saturated carbocycles. The molecule has 0 aliphatic carbocycles. The Morgan fingerprint density at radius 1 is 1.04 bits per heavy atom. The number of carbonyl (C=O) groups excluding carboxylic acids is 1. The Bertz CT molecular complexity index is 874. The highest BCUT2D eigenvalue weighted by molar-refractivity contribution is 7.90. The van der Waals surface area contributed by atoms with Crippen LogP contribution >= 0.6 is 0 Å². The first-order valence-corrected chi connectivity index (χ1v) is 9.88. The normalized spacial score (nSPS) is 15.0. The number of carbonyl (C=O) groups is 1. The molecule has 1 N–H and O–H groups in total. The number of hydrogen-bond donors (Lipinski definition) is 1. The van der Waals surface area contributed by atoms with Crippen molar-refractivity contribution in [1.29, 1.82) is 0 Å². The highest BCUT2D eigenvalue weighted by atomic mass is 32.2. The Hall–Kier alpha value is -2.38. The predicted octanol–water partition coefficient (Wildman–Crippen LogP) is 2.18. The van der Waals surface area contributed by atoms with Crippen molar-refractivity contribution in [1.82, 2.24) is 0 Å². The molecular formula is C18H20N2O4S.